The van der Waals surface area contributed by atoms with Gasteiger partial charge in [0.1, 0.15) is 11.6 Å². The van der Waals surface area contributed by atoms with Gasteiger partial charge in [-0.15, -0.1) is 0 Å². The van der Waals surface area contributed by atoms with Crippen LogP contribution < -0.4 is 10.6 Å². The van der Waals surface area contributed by atoms with Gasteiger partial charge in [-0.3, -0.25) is 14.3 Å². The maximum absolute atomic E-state index is 15.0. The molecule has 0 radical (unpaired) electrons. The van der Waals surface area contributed by atoms with Crippen LogP contribution in [0.3, 0.4) is 0 Å². The molecule has 0 spiro atoms. The number of halogens is 1. The van der Waals surface area contributed by atoms with Gasteiger partial charge in [-0.05, 0) is 55.7 Å². The first-order chi connectivity index (χ1) is 19.7. The van der Waals surface area contributed by atoms with Crippen molar-refractivity contribution in [3.05, 3.63) is 94.4 Å². The number of carbonyl (C=O) groups excluding carboxylic acids is 1. The first-order valence-electron chi connectivity index (χ1n) is 13.6. The molecule has 1 saturated heterocycles. The van der Waals surface area contributed by atoms with Gasteiger partial charge in [0.2, 0.25) is 5.91 Å². The van der Waals surface area contributed by atoms with E-state index in [4.69, 9.17) is 0 Å². The van der Waals surface area contributed by atoms with Crippen LogP contribution in [0.4, 0.5) is 10.2 Å². The second kappa shape index (κ2) is 11.0. The monoisotopic (exact) mass is 550 g/mol. The highest BCUT2D eigenvalue weighted by molar-refractivity contribution is 5.96. The zero-order valence-electron chi connectivity index (χ0n) is 23.6. The average Bonchev–Trinajstić information content (AvgIpc) is 2.96. The van der Waals surface area contributed by atoms with Gasteiger partial charge < -0.3 is 9.80 Å². The quantitative estimate of drug-likeness (QED) is 0.321. The summed E-state index contributed by atoms with van der Waals surface area (Å²) in [4.78, 5) is 39.1. The van der Waals surface area contributed by atoms with Crippen LogP contribution in [0.1, 0.15) is 43.5 Å². The fraction of sp³-hybridized carbons (Fsp3) is 0.281. The molecule has 1 fully saturated rings. The summed E-state index contributed by atoms with van der Waals surface area (Å²) in [5, 5.41) is 10.7. The molecule has 8 nitrogen and oxygen atoms in total. The van der Waals surface area contributed by atoms with Gasteiger partial charge in [0.05, 0.1) is 28.5 Å². The SMILES string of the molecule is C=CC(=O)N1CCN(c2nc(=O)n(-c3c(C)ccnc3C(C)C)c3cc(-c4ccccc4F)c(C#N)cc23)[C@@H](C)C1. The number of nitriles is 1. The Morgan fingerprint density at radius 1 is 1.20 bits per heavy atom. The summed E-state index contributed by atoms with van der Waals surface area (Å²) >= 11 is 0. The van der Waals surface area contributed by atoms with Crippen LogP contribution in [0.2, 0.25) is 0 Å². The van der Waals surface area contributed by atoms with Crippen LogP contribution in [0.15, 0.2) is 66.1 Å². The van der Waals surface area contributed by atoms with Crippen LogP contribution in [0, 0.1) is 24.1 Å². The van der Waals surface area contributed by atoms with Crippen LogP contribution in [0.25, 0.3) is 27.7 Å². The number of fused-ring (bicyclic) bond motifs is 1. The molecule has 2 aromatic heterocycles. The van der Waals surface area contributed by atoms with Crippen LogP contribution in [0.5, 0.6) is 0 Å². The number of pyridine rings is 1. The molecule has 2 aromatic carbocycles. The van der Waals surface area contributed by atoms with E-state index >= 15 is 4.39 Å². The number of piperazine rings is 1. The normalized spacial score (nSPS) is 15.3. The van der Waals surface area contributed by atoms with E-state index in [0.29, 0.717) is 47.6 Å². The third-order valence-electron chi connectivity index (χ3n) is 7.61. The zero-order chi connectivity index (χ0) is 29.4. The molecule has 208 valence electrons. The Hall–Kier alpha value is -4.84. The number of aryl methyl sites for hydroxylation is 1. The molecule has 41 heavy (non-hydrogen) atoms. The minimum atomic E-state index is -0.508. The van der Waals surface area contributed by atoms with Gasteiger partial charge in [0.15, 0.2) is 0 Å². The number of aromatic nitrogens is 3. The Bertz CT molecular complexity index is 1790. The van der Waals surface area contributed by atoms with Crippen LogP contribution in [-0.2, 0) is 4.79 Å². The molecular weight excluding hydrogens is 519 g/mol. The van der Waals surface area contributed by atoms with Crippen molar-refractivity contribution in [3.63, 3.8) is 0 Å². The van der Waals surface area contributed by atoms with E-state index in [1.54, 1.807) is 41.4 Å². The minimum absolute atomic E-state index is 0.00597. The fourth-order valence-electron chi connectivity index (χ4n) is 5.57. The van der Waals surface area contributed by atoms with Gasteiger partial charge in [0, 0.05) is 48.4 Å². The molecule has 0 aliphatic carbocycles. The molecule has 4 aromatic rings. The Morgan fingerprint density at radius 2 is 1.95 bits per heavy atom. The molecular formula is C32H31FN6O2. The molecule has 5 rings (SSSR count). The van der Waals surface area contributed by atoms with E-state index in [-0.39, 0.29) is 29.0 Å². The third-order valence-corrected chi connectivity index (χ3v) is 7.61. The summed E-state index contributed by atoms with van der Waals surface area (Å²) in [6.07, 6.45) is 3.01. The van der Waals surface area contributed by atoms with Crippen LogP contribution >= 0.6 is 0 Å². The first-order valence-corrected chi connectivity index (χ1v) is 13.6. The lowest BCUT2D eigenvalue weighted by atomic mass is 9.96. The van der Waals surface area contributed by atoms with Crippen molar-refractivity contribution in [2.24, 2.45) is 0 Å². The fourth-order valence-corrected chi connectivity index (χ4v) is 5.57. The van der Waals surface area contributed by atoms with Crippen molar-refractivity contribution in [3.8, 4) is 22.9 Å². The standard InChI is InChI=1S/C32H31FN6O2/c1-6-28(40)37-13-14-38(21(5)18-37)31-25-15-22(17-34)24(23-9-7-8-10-26(23)33)16-27(25)39(32(41)36-31)30-20(4)11-12-35-29(30)19(2)3/h6-12,15-16,19,21H,1,13-14,18H2,2-5H3/t21-/m0/s1. The van der Waals surface area contributed by atoms with E-state index < -0.39 is 11.5 Å². The molecule has 0 N–H and O–H groups in total. The molecule has 0 unspecified atom stereocenters. The second-order valence-corrected chi connectivity index (χ2v) is 10.6. The zero-order valence-corrected chi connectivity index (χ0v) is 23.6. The molecule has 9 heteroatoms. The first kappa shape index (κ1) is 27.7. The molecule has 3 heterocycles. The van der Waals surface area contributed by atoms with E-state index in [1.807, 2.05) is 38.7 Å². The highest BCUT2D eigenvalue weighted by Gasteiger charge is 2.30. The van der Waals surface area contributed by atoms with Crippen molar-refractivity contribution >= 4 is 22.6 Å². The Kier molecular flexibility index (Phi) is 7.41. The number of nitrogens with zero attached hydrogens (tertiary/aromatic N) is 6. The topological polar surface area (TPSA) is 95.1 Å². The largest absolute Gasteiger partial charge is 0.354 e. The van der Waals surface area contributed by atoms with Crippen molar-refractivity contribution in [1.29, 1.82) is 5.26 Å². The lowest BCUT2D eigenvalue weighted by Gasteiger charge is -2.40. The Morgan fingerprint density at radius 3 is 2.61 bits per heavy atom. The summed E-state index contributed by atoms with van der Waals surface area (Å²) in [6.45, 7) is 12.8. The summed E-state index contributed by atoms with van der Waals surface area (Å²) in [6, 6.07) is 13.6. The van der Waals surface area contributed by atoms with Crippen molar-refractivity contribution in [2.75, 3.05) is 24.5 Å². The maximum atomic E-state index is 15.0. The Labute approximate surface area is 238 Å². The highest BCUT2D eigenvalue weighted by Crippen LogP contribution is 2.36. The predicted octanol–water partition coefficient (Wildman–Crippen LogP) is 5.11. The molecule has 1 atom stereocenters. The summed E-state index contributed by atoms with van der Waals surface area (Å²) < 4.78 is 16.6. The smallest absolute Gasteiger partial charge is 0.350 e. The van der Waals surface area contributed by atoms with Gasteiger partial charge in [0.25, 0.3) is 0 Å². The molecule has 1 amide bonds. The summed E-state index contributed by atoms with van der Waals surface area (Å²) in [5.41, 5.74) is 3.07. The maximum Gasteiger partial charge on any atom is 0.354 e. The van der Waals surface area contributed by atoms with Gasteiger partial charge >= 0.3 is 5.69 Å². The number of amides is 1. The number of benzene rings is 2. The van der Waals surface area contributed by atoms with Crippen molar-refractivity contribution in [1.82, 2.24) is 19.4 Å². The van der Waals surface area contributed by atoms with Crippen molar-refractivity contribution < 1.29 is 9.18 Å². The Balaban J connectivity index is 1.85. The van der Waals surface area contributed by atoms with E-state index in [2.05, 4.69) is 22.6 Å². The van der Waals surface area contributed by atoms with E-state index in [9.17, 15) is 14.9 Å². The third kappa shape index (κ3) is 4.86. The lowest BCUT2D eigenvalue weighted by molar-refractivity contribution is -0.126. The summed E-state index contributed by atoms with van der Waals surface area (Å²) in [5.74, 6) is -0.196. The number of hydrogen-bond acceptors (Lipinski definition) is 6. The number of anilines is 1. The number of carbonyl (C=O) groups is 1. The van der Waals surface area contributed by atoms with Gasteiger partial charge in [-0.25, -0.2) is 9.18 Å². The van der Waals surface area contributed by atoms with Gasteiger partial charge in [-0.1, -0.05) is 38.6 Å². The average molecular weight is 551 g/mol. The van der Waals surface area contributed by atoms with E-state index in [1.165, 1.54) is 16.7 Å². The molecule has 1 aliphatic heterocycles. The predicted molar refractivity (Wildman–Crippen MR) is 158 cm³/mol. The van der Waals surface area contributed by atoms with Crippen molar-refractivity contribution in [2.45, 2.75) is 39.7 Å². The molecule has 1 aliphatic rings. The molecule has 0 bridgehead atoms. The minimum Gasteiger partial charge on any atom is -0.350 e. The molecule has 0 saturated carbocycles. The second-order valence-electron chi connectivity index (χ2n) is 10.6. The number of rotatable bonds is 5. The summed E-state index contributed by atoms with van der Waals surface area (Å²) in [7, 11) is 0. The van der Waals surface area contributed by atoms with E-state index in [0.717, 1.165) is 11.3 Å². The van der Waals surface area contributed by atoms with Crippen LogP contribution in [-0.4, -0.2) is 51.0 Å². The lowest BCUT2D eigenvalue weighted by Crippen LogP contribution is -2.54. The van der Waals surface area contributed by atoms with Gasteiger partial charge in [-0.2, -0.15) is 10.2 Å². The highest BCUT2D eigenvalue weighted by atomic mass is 19.1. The number of hydrogen-bond donors (Lipinski definition) is 0.